The Hall–Kier alpha value is -1.19. The molecular formula is C21H32IN5S. The van der Waals surface area contributed by atoms with Crippen molar-refractivity contribution in [2.75, 3.05) is 20.1 Å². The van der Waals surface area contributed by atoms with E-state index in [1.807, 2.05) is 0 Å². The second-order valence-corrected chi connectivity index (χ2v) is 8.34. The van der Waals surface area contributed by atoms with E-state index in [2.05, 4.69) is 69.0 Å². The molecule has 1 fully saturated rings. The molecule has 0 saturated carbocycles. The number of halogens is 1. The maximum absolute atomic E-state index is 4.66. The smallest absolute Gasteiger partial charge is 0.191 e. The molecule has 1 aliphatic rings. The fraction of sp³-hybridized carbons (Fsp3) is 0.524. The van der Waals surface area contributed by atoms with Crippen molar-refractivity contribution in [1.29, 1.82) is 0 Å². The molecule has 28 heavy (non-hydrogen) atoms. The number of hydrogen-bond acceptors (Lipinski definition) is 4. The molecule has 0 spiro atoms. The van der Waals surface area contributed by atoms with E-state index in [4.69, 9.17) is 0 Å². The first-order valence-electron chi connectivity index (χ1n) is 9.83. The van der Waals surface area contributed by atoms with Crippen molar-refractivity contribution in [3.8, 4) is 0 Å². The summed E-state index contributed by atoms with van der Waals surface area (Å²) in [6.07, 6.45) is 2.68. The van der Waals surface area contributed by atoms with Gasteiger partial charge in [-0.05, 0) is 43.0 Å². The summed E-state index contributed by atoms with van der Waals surface area (Å²) in [7, 11) is 1.80. The third-order valence-corrected chi connectivity index (χ3v) is 5.75. The predicted molar refractivity (Wildman–Crippen MR) is 130 cm³/mol. The van der Waals surface area contributed by atoms with Gasteiger partial charge in [0.25, 0.3) is 0 Å². The molecule has 1 aromatic heterocycles. The van der Waals surface area contributed by atoms with E-state index >= 15 is 0 Å². The molecule has 0 atom stereocenters. The van der Waals surface area contributed by atoms with Gasteiger partial charge in [0, 0.05) is 25.5 Å². The SMILES string of the molecule is CN=C(NCc1ccc(CN2CCCC2)cc1)NCc1nc(C(C)C)cs1.I. The second-order valence-electron chi connectivity index (χ2n) is 7.40. The predicted octanol–water partition coefficient (Wildman–Crippen LogP) is 4.35. The number of guanidine groups is 1. The summed E-state index contributed by atoms with van der Waals surface area (Å²) in [6, 6.07) is 8.91. The average molecular weight is 513 g/mol. The van der Waals surface area contributed by atoms with E-state index in [0.717, 1.165) is 29.8 Å². The van der Waals surface area contributed by atoms with Crippen LogP contribution in [0.1, 0.15) is 54.4 Å². The summed E-state index contributed by atoms with van der Waals surface area (Å²) in [4.78, 5) is 11.5. The molecule has 1 aliphatic heterocycles. The third kappa shape index (κ3) is 7.00. The highest BCUT2D eigenvalue weighted by atomic mass is 127. The van der Waals surface area contributed by atoms with Crippen LogP contribution in [0.3, 0.4) is 0 Å². The van der Waals surface area contributed by atoms with Crippen LogP contribution in [-0.4, -0.2) is 36.0 Å². The van der Waals surface area contributed by atoms with Crippen molar-refractivity contribution in [3.05, 3.63) is 51.5 Å². The van der Waals surface area contributed by atoms with Crippen LogP contribution in [0.15, 0.2) is 34.6 Å². The van der Waals surface area contributed by atoms with Gasteiger partial charge in [0.1, 0.15) is 5.01 Å². The highest BCUT2D eigenvalue weighted by Gasteiger charge is 2.11. The van der Waals surface area contributed by atoms with Crippen LogP contribution in [0.25, 0.3) is 0 Å². The van der Waals surface area contributed by atoms with Crippen LogP contribution < -0.4 is 10.6 Å². The Balaban J connectivity index is 0.00000280. The Bertz CT molecular complexity index is 736. The first kappa shape index (κ1) is 23.1. The minimum absolute atomic E-state index is 0. The van der Waals surface area contributed by atoms with Gasteiger partial charge in [-0.15, -0.1) is 35.3 Å². The molecule has 2 heterocycles. The lowest BCUT2D eigenvalue weighted by molar-refractivity contribution is 0.331. The number of thiazole rings is 1. The zero-order chi connectivity index (χ0) is 19.1. The van der Waals surface area contributed by atoms with Gasteiger partial charge in [-0.25, -0.2) is 4.98 Å². The van der Waals surface area contributed by atoms with Gasteiger partial charge in [-0.1, -0.05) is 38.1 Å². The molecule has 5 nitrogen and oxygen atoms in total. The molecule has 1 saturated heterocycles. The monoisotopic (exact) mass is 513 g/mol. The van der Waals surface area contributed by atoms with Crippen molar-refractivity contribution in [2.24, 2.45) is 4.99 Å². The number of nitrogens with one attached hydrogen (secondary N) is 2. The van der Waals surface area contributed by atoms with E-state index in [0.29, 0.717) is 12.5 Å². The van der Waals surface area contributed by atoms with E-state index in [-0.39, 0.29) is 24.0 Å². The van der Waals surface area contributed by atoms with Gasteiger partial charge >= 0.3 is 0 Å². The largest absolute Gasteiger partial charge is 0.352 e. The summed E-state index contributed by atoms with van der Waals surface area (Å²) in [5.41, 5.74) is 3.82. The Morgan fingerprint density at radius 2 is 1.75 bits per heavy atom. The van der Waals surface area contributed by atoms with Gasteiger partial charge in [0.05, 0.1) is 12.2 Å². The highest BCUT2D eigenvalue weighted by molar-refractivity contribution is 14.0. The van der Waals surface area contributed by atoms with Gasteiger partial charge in [0.15, 0.2) is 5.96 Å². The number of rotatable bonds is 7. The van der Waals surface area contributed by atoms with Crippen LogP contribution in [0.5, 0.6) is 0 Å². The highest BCUT2D eigenvalue weighted by Crippen LogP contribution is 2.17. The van der Waals surface area contributed by atoms with Crippen molar-refractivity contribution in [3.63, 3.8) is 0 Å². The first-order chi connectivity index (χ1) is 13.1. The Labute approximate surface area is 190 Å². The van der Waals surface area contributed by atoms with Gasteiger partial charge in [-0.2, -0.15) is 0 Å². The second kappa shape index (κ2) is 11.7. The number of likely N-dealkylation sites (tertiary alicyclic amines) is 1. The zero-order valence-electron chi connectivity index (χ0n) is 17.1. The number of aliphatic imine (C=N–C) groups is 1. The van der Waals surface area contributed by atoms with Crippen LogP contribution in [0.4, 0.5) is 0 Å². The quantitative estimate of drug-likeness (QED) is 0.329. The topological polar surface area (TPSA) is 52.6 Å². The molecule has 1 aromatic carbocycles. The standard InChI is InChI=1S/C21H31N5S.HI/c1-16(2)19-15-27-20(25-19)13-24-21(22-3)23-12-17-6-8-18(9-7-17)14-26-10-4-5-11-26;/h6-9,15-16H,4-5,10-14H2,1-3H3,(H2,22,23,24);1H. The number of nitrogens with zero attached hydrogens (tertiary/aromatic N) is 3. The molecule has 0 bridgehead atoms. The van der Waals surface area contributed by atoms with E-state index < -0.39 is 0 Å². The molecule has 0 radical (unpaired) electrons. The number of hydrogen-bond donors (Lipinski definition) is 2. The lowest BCUT2D eigenvalue weighted by Crippen LogP contribution is -2.36. The summed E-state index contributed by atoms with van der Waals surface area (Å²) in [6.45, 7) is 9.35. The number of aromatic nitrogens is 1. The van der Waals surface area contributed by atoms with Crippen LogP contribution in [0.2, 0.25) is 0 Å². The van der Waals surface area contributed by atoms with Crippen molar-refractivity contribution in [1.82, 2.24) is 20.5 Å². The van der Waals surface area contributed by atoms with Crippen molar-refractivity contribution >= 4 is 41.3 Å². The molecule has 0 aliphatic carbocycles. The molecule has 0 unspecified atom stereocenters. The number of benzene rings is 1. The maximum Gasteiger partial charge on any atom is 0.191 e. The minimum Gasteiger partial charge on any atom is -0.352 e. The van der Waals surface area contributed by atoms with Gasteiger partial charge in [-0.3, -0.25) is 9.89 Å². The Kier molecular flexibility index (Phi) is 9.67. The average Bonchev–Trinajstić information content (AvgIpc) is 3.35. The summed E-state index contributed by atoms with van der Waals surface area (Å²) < 4.78 is 0. The first-order valence-corrected chi connectivity index (χ1v) is 10.7. The lowest BCUT2D eigenvalue weighted by Gasteiger charge is -2.15. The van der Waals surface area contributed by atoms with Crippen LogP contribution >= 0.6 is 35.3 Å². The van der Waals surface area contributed by atoms with Crippen LogP contribution in [0, 0.1) is 0 Å². The summed E-state index contributed by atoms with van der Waals surface area (Å²) in [5.74, 6) is 1.28. The normalized spacial score (nSPS) is 14.9. The molecule has 3 rings (SSSR count). The maximum atomic E-state index is 4.66. The van der Waals surface area contributed by atoms with E-state index in [9.17, 15) is 0 Å². The zero-order valence-corrected chi connectivity index (χ0v) is 20.2. The fourth-order valence-electron chi connectivity index (χ4n) is 3.20. The fourth-order valence-corrected chi connectivity index (χ4v) is 4.09. The van der Waals surface area contributed by atoms with Gasteiger partial charge < -0.3 is 10.6 Å². The Morgan fingerprint density at radius 1 is 1.11 bits per heavy atom. The van der Waals surface area contributed by atoms with Crippen molar-refractivity contribution < 1.29 is 0 Å². The molecule has 2 N–H and O–H groups in total. The molecule has 154 valence electrons. The molecule has 2 aromatic rings. The van der Waals surface area contributed by atoms with Crippen LogP contribution in [-0.2, 0) is 19.6 Å². The molecular weight excluding hydrogens is 481 g/mol. The Morgan fingerprint density at radius 3 is 2.36 bits per heavy atom. The lowest BCUT2D eigenvalue weighted by atomic mass is 10.1. The third-order valence-electron chi connectivity index (χ3n) is 4.88. The van der Waals surface area contributed by atoms with E-state index in [1.165, 1.54) is 37.1 Å². The minimum atomic E-state index is 0. The van der Waals surface area contributed by atoms with Gasteiger partial charge in [0.2, 0.25) is 0 Å². The molecule has 7 heteroatoms. The van der Waals surface area contributed by atoms with Crippen molar-refractivity contribution in [2.45, 2.75) is 52.2 Å². The van der Waals surface area contributed by atoms with E-state index in [1.54, 1.807) is 18.4 Å². The summed E-state index contributed by atoms with van der Waals surface area (Å²) in [5, 5.41) is 9.96. The summed E-state index contributed by atoms with van der Waals surface area (Å²) >= 11 is 1.70. The molecule has 0 amide bonds.